The van der Waals surface area contributed by atoms with Gasteiger partial charge in [0.2, 0.25) is 10.0 Å². The third-order valence-corrected chi connectivity index (χ3v) is 4.78. The summed E-state index contributed by atoms with van der Waals surface area (Å²) >= 11 is 0. The monoisotopic (exact) mass is 283 g/mol. The number of ether oxygens (including phenoxy) is 1. The highest BCUT2D eigenvalue weighted by Crippen LogP contribution is 2.13. The Morgan fingerprint density at radius 1 is 1.21 bits per heavy atom. The number of hydrogen-bond donors (Lipinski definition) is 1. The predicted molar refractivity (Wildman–Crippen MR) is 78.7 cm³/mol. The molecule has 0 aliphatic carbocycles. The van der Waals surface area contributed by atoms with Gasteiger partial charge in [0.1, 0.15) is 5.75 Å². The Morgan fingerprint density at radius 2 is 1.79 bits per heavy atom. The fraction of sp³-hybridized carbons (Fsp3) is 0.429. The molecule has 0 amide bonds. The molecule has 1 aromatic rings. The van der Waals surface area contributed by atoms with E-state index in [1.165, 1.54) is 0 Å². The molecule has 0 atom stereocenters. The molecule has 0 aromatic heterocycles. The van der Waals surface area contributed by atoms with Gasteiger partial charge in [-0.3, -0.25) is 0 Å². The molecule has 0 saturated carbocycles. The van der Waals surface area contributed by atoms with E-state index in [4.69, 9.17) is 4.74 Å². The SMILES string of the molecule is COc1ccc(/C=C/CNS(=O)(=O)C(C)(C)C)cc1. The highest BCUT2D eigenvalue weighted by atomic mass is 32.2. The molecule has 0 fully saturated rings. The lowest BCUT2D eigenvalue weighted by Gasteiger charge is -2.18. The molecular weight excluding hydrogens is 262 g/mol. The Morgan fingerprint density at radius 3 is 2.26 bits per heavy atom. The van der Waals surface area contributed by atoms with Crippen LogP contribution in [-0.4, -0.2) is 26.8 Å². The summed E-state index contributed by atoms with van der Waals surface area (Å²) in [6.07, 6.45) is 3.65. The molecule has 5 heteroatoms. The summed E-state index contributed by atoms with van der Waals surface area (Å²) in [7, 11) is -1.67. The van der Waals surface area contributed by atoms with E-state index in [0.717, 1.165) is 11.3 Å². The average Bonchev–Trinajstić information content (AvgIpc) is 2.34. The fourth-order valence-corrected chi connectivity index (χ4v) is 2.03. The molecule has 1 rings (SSSR count). The molecule has 0 unspecified atom stereocenters. The normalized spacial score (nSPS) is 12.8. The van der Waals surface area contributed by atoms with Gasteiger partial charge in [0, 0.05) is 6.54 Å². The van der Waals surface area contributed by atoms with Crippen LogP contribution in [0.15, 0.2) is 30.3 Å². The van der Waals surface area contributed by atoms with Crippen molar-refractivity contribution >= 4 is 16.1 Å². The molecule has 1 N–H and O–H groups in total. The zero-order chi connectivity index (χ0) is 14.5. The Hall–Kier alpha value is -1.33. The summed E-state index contributed by atoms with van der Waals surface area (Å²) in [6, 6.07) is 7.54. The quantitative estimate of drug-likeness (QED) is 0.903. The predicted octanol–water partition coefficient (Wildman–Crippen LogP) is 2.43. The van der Waals surface area contributed by atoms with E-state index in [1.807, 2.05) is 30.3 Å². The maximum atomic E-state index is 11.8. The van der Waals surface area contributed by atoms with Crippen molar-refractivity contribution in [1.82, 2.24) is 4.72 Å². The van der Waals surface area contributed by atoms with Crippen LogP contribution in [0.5, 0.6) is 5.75 Å². The Bertz CT molecular complexity index is 525. The van der Waals surface area contributed by atoms with Crippen molar-refractivity contribution in [3.63, 3.8) is 0 Å². The van der Waals surface area contributed by atoms with Crippen LogP contribution in [0.25, 0.3) is 6.08 Å². The van der Waals surface area contributed by atoms with Gasteiger partial charge in [-0.2, -0.15) is 0 Å². The lowest BCUT2D eigenvalue weighted by molar-refractivity contribution is 0.415. The van der Waals surface area contributed by atoms with Gasteiger partial charge in [-0.1, -0.05) is 24.3 Å². The molecule has 0 radical (unpaired) electrons. The molecule has 0 aliphatic rings. The molecule has 19 heavy (non-hydrogen) atoms. The number of rotatable bonds is 5. The van der Waals surface area contributed by atoms with Gasteiger partial charge in [-0.05, 0) is 38.5 Å². The summed E-state index contributed by atoms with van der Waals surface area (Å²) in [5, 5.41) is 0. The Labute approximate surface area is 115 Å². The number of benzene rings is 1. The molecule has 4 nitrogen and oxygen atoms in total. The molecule has 106 valence electrons. The van der Waals surface area contributed by atoms with Crippen LogP contribution in [0.3, 0.4) is 0 Å². The zero-order valence-corrected chi connectivity index (χ0v) is 12.6. The van der Waals surface area contributed by atoms with Crippen molar-refractivity contribution < 1.29 is 13.2 Å². The molecule has 0 heterocycles. The van der Waals surface area contributed by atoms with E-state index in [0.29, 0.717) is 0 Å². The standard InChI is InChI=1S/C14H21NO3S/c1-14(2,3)19(16,17)15-11-5-6-12-7-9-13(18-4)10-8-12/h5-10,15H,11H2,1-4H3/b6-5+. The first-order valence-corrected chi connectivity index (χ1v) is 7.54. The van der Waals surface area contributed by atoms with Gasteiger partial charge in [0.25, 0.3) is 0 Å². The number of sulfonamides is 1. The topological polar surface area (TPSA) is 55.4 Å². The van der Waals surface area contributed by atoms with E-state index >= 15 is 0 Å². The number of nitrogens with one attached hydrogen (secondary N) is 1. The second-order valence-electron chi connectivity index (χ2n) is 5.14. The summed E-state index contributed by atoms with van der Waals surface area (Å²) in [5.74, 6) is 0.797. The summed E-state index contributed by atoms with van der Waals surface area (Å²) < 4.78 is 30.4. The average molecular weight is 283 g/mol. The van der Waals surface area contributed by atoms with Crippen LogP contribution in [0, 0.1) is 0 Å². The lowest BCUT2D eigenvalue weighted by atomic mass is 10.2. The van der Waals surface area contributed by atoms with Crippen LogP contribution in [0.2, 0.25) is 0 Å². The van der Waals surface area contributed by atoms with Gasteiger partial charge in [-0.15, -0.1) is 0 Å². The first kappa shape index (κ1) is 15.7. The van der Waals surface area contributed by atoms with Crippen molar-refractivity contribution in [3.8, 4) is 5.75 Å². The first-order chi connectivity index (χ1) is 8.76. The molecule has 0 aliphatic heterocycles. The molecule has 1 aromatic carbocycles. The minimum atomic E-state index is -3.28. The minimum absolute atomic E-state index is 0.283. The molecule has 0 bridgehead atoms. The van der Waals surface area contributed by atoms with Crippen LogP contribution in [0.1, 0.15) is 26.3 Å². The zero-order valence-electron chi connectivity index (χ0n) is 11.8. The van der Waals surface area contributed by atoms with Crippen molar-refractivity contribution in [1.29, 1.82) is 0 Å². The van der Waals surface area contributed by atoms with Crippen LogP contribution in [-0.2, 0) is 10.0 Å². The fourth-order valence-electron chi connectivity index (χ4n) is 1.28. The van der Waals surface area contributed by atoms with Gasteiger partial charge in [0.05, 0.1) is 11.9 Å². The number of hydrogen-bond acceptors (Lipinski definition) is 3. The maximum Gasteiger partial charge on any atom is 0.216 e. The van der Waals surface area contributed by atoms with Crippen molar-refractivity contribution in [2.75, 3.05) is 13.7 Å². The van der Waals surface area contributed by atoms with E-state index in [2.05, 4.69) is 4.72 Å². The lowest BCUT2D eigenvalue weighted by Crippen LogP contribution is -2.39. The minimum Gasteiger partial charge on any atom is -0.497 e. The van der Waals surface area contributed by atoms with Crippen LogP contribution in [0.4, 0.5) is 0 Å². The van der Waals surface area contributed by atoms with E-state index < -0.39 is 14.8 Å². The third-order valence-electron chi connectivity index (χ3n) is 2.62. The Balaban J connectivity index is 2.55. The second-order valence-corrected chi connectivity index (χ2v) is 7.66. The van der Waals surface area contributed by atoms with Gasteiger partial charge >= 0.3 is 0 Å². The molecular formula is C14H21NO3S. The first-order valence-electron chi connectivity index (χ1n) is 6.06. The largest absolute Gasteiger partial charge is 0.497 e. The Kier molecular flexibility index (Phi) is 5.14. The molecule has 0 saturated heterocycles. The maximum absolute atomic E-state index is 11.8. The third kappa shape index (κ3) is 4.69. The van der Waals surface area contributed by atoms with Crippen molar-refractivity contribution in [3.05, 3.63) is 35.9 Å². The highest BCUT2D eigenvalue weighted by Gasteiger charge is 2.27. The van der Waals surface area contributed by atoms with Crippen molar-refractivity contribution in [2.45, 2.75) is 25.5 Å². The smallest absolute Gasteiger partial charge is 0.216 e. The van der Waals surface area contributed by atoms with Gasteiger partial charge < -0.3 is 4.74 Å². The van der Waals surface area contributed by atoms with Crippen LogP contribution < -0.4 is 9.46 Å². The van der Waals surface area contributed by atoms with Crippen molar-refractivity contribution in [2.24, 2.45) is 0 Å². The van der Waals surface area contributed by atoms with Gasteiger partial charge in [-0.25, -0.2) is 13.1 Å². The van der Waals surface area contributed by atoms with Gasteiger partial charge in [0.15, 0.2) is 0 Å². The summed E-state index contributed by atoms with van der Waals surface area (Å²) in [4.78, 5) is 0. The van der Waals surface area contributed by atoms with E-state index in [9.17, 15) is 8.42 Å². The highest BCUT2D eigenvalue weighted by molar-refractivity contribution is 7.90. The summed E-state index contributed by atoms with van der Waals surface area (Å²) in [6.45, 7) is 5.29. The van der Waals surface area contributed by atoms with E-state index in [-0.39, 0.29) is 6.54 Å². The van der Waals surface area contributed by atoms with E-state index in [1.54, 1.807) is 34.0 Å². The number of methoxy groups -OCH3 is 1. The van der Waals surface area contributed by atoms with Crippen LogP contribution >= 0.6 is 0 Å². The second kappa shape index (κ2) is 6.21. The summed E-state index contributed by atoms with van der Waals surface area (Å²) in [5.41, 5.74) is 0.996. The molecule has 0 spiro atoms.